The number of aryl methyl sites for hydroxylation is 1. The first-order chi connectivity index (χ1) is 7.21. The van der Waals surface area contributed by atoms with Gasteiger partial charge in [0.15, 0.2) is 5.69 Å². The van der Waals surface area contributed by atoms with Crippen LogP contribution in [0.4, 0.5) is 5.95 Å². The maximum Gasteiger partial charge on any atom is 0.354 e. The van der Waals surface area contributed by atoms with Crippen LogP contribution in [0.15, 0.2) is 6.07 Å². The Morgan fingerprint density at radius 3 is 2.38 bits per heavy atom. The molecule has 0 aliphatic rings. The summed E-state index contributed by atoms with van der Waals surface area (Å²) < 4.78 is 0. The number of carboxylic acids is 1. The number of rotatable bonds is 2. The molecule has 16 heavy (non-hydrogen) atoms. The normalized spacial score (nSPS) is 11.3. The van der Waals surface area contributed by atoms with Crippen LogP contribution in [0.3, 0.4) is 0 Å². The van der Waals surface area contributed by atoms with Crippen molar-refractivity contribution in [2.75, 3.05) is 11.9 Å². The smallest absolute Gasteiger partial charge is 0.354 e. The van der Waals surface area contributed by atoms with E-state index in [1.54, 1.807) is 6.92 Å². The molecule has 1 heterocycles. The maximum absolute atomic E-state index is 10.9. The van der Waals surface area contributed by atoms with Gasteiger partial charge in [-0.2, -0.15) is 0 Å². The highest BCUT2D eigenvalue weighted by Gasteiger charge is 2.21. The number of aromatic nitrogens is 2. The molecule has 0 saturated heterocycles. The number of anilines is 1. The SMILES string of the molecule is Cc1cc(C(=O)O)nc(N(C)C(C)(C)C)n1. The van der Waals surface area contributed by atoms with Crippen molar-refractivity contribution in [2.24, 2.45) is 0 Å². The summed E-state index contributed by atoms with van der Waals surface area (Å²) in [5.41, 5.74) is 0.529. The molecule has 0 fully saturated rings. The summed E-state index contributed by atoms with van der Waals surface area (Å²) in [6, 6.07) is 1.46. The van der Waals surface area contributed by atoms with E-state index in [4.69, 9.17) is 5.11 Å². The minimum absolute atomic E-state index is 0.0265. The van der Waals surface area contributed by atoms with E-state index in [9.17, 15) is 4.79 Å². The molecule has 88 valence electrons. The molecule has 0 aliphatic carbocycles. The fourth-order valence-electron chi connectivity index (χ4n) is 1.11. The average molecular weight is 223 g/mol. The van der Waals surface area contributed by atoms with E-state index < -0.39 is 5.97 Å². The van der Waals surface area contributed by atoms with E-state index in [2.05, 4.69) is 9.97 Å². The fourth-order valence-corrected chi connectivity index (χ4v) is 1.11. The van der Waals surface area contributed by atoms with Crippen LogP contribution in [-0.4, -0.2) is 33.6 Å². The van der Waals surface area contributed by atoms with Crippen molar-refractivity contribution in [1.29, 1.82) is 0 Å². The predicted molar refractivity (Wildman–Crippen MR) is 61.9 cm³/mol. The highest BCUT2D eigenvalue weighted by Crippen LogP contribution is 2.18. The summed E-state index contributed by atoms with van der Waals surface area (Å²) in [6.45, 7) is 7.80. The Morgan fingerprint density at radius 1 is 1.38 bits per heavy atom. The first-order valence-electron chi connectivity index (χ1n) is 5.04. The zero-order valence-corrected chi connectivity index (χ0v) is 10.3. The average Bonchev–Trinajstić information content (AvgIpc) is 2.14. The molecule has 0 unspecified atom stereocenters. The Bertz CT molecular complexity index is 410. The van der Waals surface area contributed by atoms with Crippen LogP contribution < -0.4 is 4.90 Å². The summed E-state index contributed by atoms with van der Waals surface area (Å²) in [7, 11) is 1.85. The Kier molecular flexibility index (Phi) is 3.16. The van der Waals surface area contributed by atoms with E-state index >= 15 is 0 Å². The van der Waals surface area contributed by atoms with Gasteiger partial charge in [-0.15, -0.1) is 0 Å². The number of carboxylic acid groups (broad SMARTS) is 1. The third kappa shape index (κ3) is 2.68. The molecular formula is C11H17N3O2. The van der Waals surface area contributed by atoms with Crippen molar-refractivity contribution in [3.8, 4) is 0 Å². The maximum atomic E-state index is 10.9. The van der Waals surface area contributed by atoms with E-state index in [0.717, 1.165) is 0 Å². The largest absolute Gasteiger partial charge is 0.477 e. The first kappa shape index (κ1) is 12.4. The highest BCUT2D eigenvalue weighted by molar-refractivity contribution is 5.85. The summed E-state index contributed by atoms with van der Waals surface area (Å²) in [6.07, 6.45) is 0. The van der Waals surface area contributed by atoms with Crippen LogP contribution >= 0.6 is 0 Å². The van der Waals surface area contributed by atoms with Crippen molar-refractivity contribution in [3.63, 3.8) is 0 Å². The van der Waals surface area contributed by atoms with Gasteiger partial charge in [0, 0.05) is 18.3 Å². The van der Waals surface area contributed by atoms with Crippen LogP contribution in [0.5, 0.6) is 0 Å². The summed E-state index contributed by atoms with van der Waals surface area (Å²) in [5, 5.41) is 8.91. The molecule has 5 nitrogen and oxygen atoms in total. The molecular weight excluding hydrogens is 206 g/mol. The molecule has 1 aromatic rings. The van der Waals surface area contributed by atoms with E-state index in [-0.39, 0.29) is 11.2 Å². The second kappa shape index (κ2) is 4.08. The standard InChI is InChI=1S/C11H17N3O2/c1-7-6-8(9(15)16)13-10(12-7)14(5)11(2,3)4/h6H,1-5H3,(H,15,16). The van der Waals surface area contributed by atoms with Gasteiger partial charge in [0.05, 0.1) is 0 Å². The lowest BCUT2D eigenvalue weighted by molar-refractivity contribution is 0.0690. The van der Waals surface area contributed by atoms with Gasteiger partial charge in [0.25, 0.3) is 0 Å². The molecule has 0 bridgehead atoms. The summed E-state index contributed by atoms with van der Waals surface area (Å²) in [4.78, 5) is 21.0. The fraction of sp³-hybridized carbons (Fsp3) is 0.545. The van der Waals surface area contributed by atoms with Gasteiger partial charge in [-0.1, -0.05) is 0 Å². The molecule has 0 spiro atoms. The topological polar surface area (TPSA) is 66.3 Å². The lowest BCUT2D eigenvalue weighted by atomic mass is 10.1. The van der Waals surface area contributed by atoms with E-state index in [0.29, 0.717) is 11.6 Å². The molecule has 1 rings (SSSR count). The molecule has 0 aliphatic heterocycles. The molecule has 1 N–H and O–H groups in total. The summed E-state index contributed by atoms with van der Waals surface area (Å²) in [5.74, 6) is -0.598. The van der Waals surface area contributed by atoms with Crippen molar-refractivity contribution < 1.29 is 9.90 Å². The second-order valence-electron chi connectivity index (χ2n) is 4.73. The van der Waals surface area contributed by atoms with Crippen LogP contribution in [0.25, 0.3) is 0 Å². The molecule has 0 radical (unpaired) electrons. The third-order valence-electron chi connectivity index (χ3n) is 2.37. The Labute approximate surface area is 95.1 Å². The van der Waals surface area contributed by atoms with Gasteiger partial charge >= 0.3 is 5.97 Å². The number of nitrogens with zero attached hydrogens (tertiary/aromatic N) is 3. The van der Waals surface area contributed by atoms with Gasteiger partial charge in [0.1, 0.15) is 0 Å². The van der Waals surface area contributed by atoms with Gasteiger partial charge in [-0.25, -0.2) is 14.8 Å². The van der Waals surface area contributed by atoms with Crippen molar-refractivity contribution in [3.05, 3.63) is 17.5 Å². The molecule has 0 saturated carbocycles. The van der Waals surface area contributed by atoms with Crippen LogP contribution in [0.2, 0.25) is 0 Å². The number of carbonyl (C=O) groups is 1. The lowest BCUT2D eigenvalue weighted by Gasteiger charge is -2.32. The molecule has 0 atom stereocenters. The number of hydrogen-bond acceptors (Lipinski definition) is 4. The quantitative estimate of drug-likeness (QED) is 0.826. The van der Waals surface area contributed by atoms with Crippen molar-refractivity contribution in [1.82, 2.24) is 9.97 Å². The Hall–Kier alpha value is -1.65. The minimum atomic E-state index is -1.03. The van der Waals surface area contributed by atoms with Crippen molar-refractivity contribution in [2.45, 2.75) is 33.2 Å². The third-order valence-corrected chi connectivity index (χ3v) is 2.37. The number of hydrogen-bond donors (Lipinski definition) is 1. The number of aromatic carboxylic acids is 1. The van der Waals surface area contributed by atoms with Gasteiger partial charge < -0.3 is 10.0 Å². The van der Waals surface area contributed by atoms with E-state index in [1.807, 2.05) is 32.7 Å². The zero-order valence-electron chi connectivity index (χ0n) is 10.3. The van der Waals surface area contributed by atoms with Crippen molar-refractivity contribution >= 4 is 11.9 Å². The minimum Gasteiger partial charge on any atom is -0.477 e. The molecule has 0 aromatic carbocycles. The zero-order chi connectivity index (χ0) is 12.5. The Balaban J connectivity index is 3.20. The van der Waals surface area contributed by atoms with Crippen LogP contribution in [0.1, 0.15) is 37.0 Å². The Morgan fingerprint density at radius 2 is 1.94 bits per heavy atom. The predicted octanol–water partition coefficient (Wildman–Crippen LogP) is 1.72. The van der Waals surface area contributed by atoms with Gasteiger partial charge in [-0.3, -0.25) is 0 Å². The molecule has 5 heteroatoms. The van der Waals surface area contributed by atoms with E-state index in [1.165, 1.54) is 6.07 Å². The van der Waals surface area contributed by atoms with Gasteiger partial charge in [0.2, 0.25) is 5.95 Å². The van der Waals surface area contributed by atoms with Crippen LogP contribution in [0, 0.1) is 6.92 Å². The molecule has 1 aromatic heterocycles. The monoisotopic (exact) mass is 223 g/mol. The summed E-state index contributed by atoms with van der Waals surface area (Å²) >= 11 is 0. The first-order valence-corrected chi connectivity index (χ1v) is 5.04. The van der Waals surface area contributed by atoms with Gasteiger partial charge in [-0.05, 0) is 33.8 Å². The highest BCUT2D eigenvalue weighted by atomic mass is 16.4. The lowest BCUT2D eigenvalue weighted by Crippen LogP contribution is -2.39. The molecule has 0 amide bonds. The second-order valence-corrected chi connectivity index (χ2v) is 4.73. The van der Waals surface area contributed by atoms with Crippen LogP contribution in [-0.2, 0) is 0 Å².